The van der Waals surface area contributed by atoms with Gasteiger partial charge in [0, 0.05) is 35.1 Å². The smallest absolute Gasteiger partial charge is 0.273 e. The third-order valence-corrected chi connectivity index (χ3v) is 6.00. The van der Waals surface area contributed by atoms with Crippen molar-refractivity contribution in [2.24, 2.45) is 0 Å². The van der Waals surface area contributed by atoms with E-state index in [1.54, 1.807) is 12.4 Å². The summed E-state index contributed by atoms with van der Waals surface area (Å²) in [6.07, 6.45) is 4.43. The first-order chi connectivity index (χ1) is 16.2. The number of carbonyl (C=O) groups excluding carboxylic acids is 1. The van der Waals surface area contributed by atoms with Crippen molar-refractivity contribution in [2.75, 3.05) is 6.61 Å². The second kappa shape index (κ2) is 9.08. The second-order valence-corrected chi connectivity index (χ2v) is 8.41. The third-order valence-electron chi connectivity index (χ3n) is 5.75. The number of benzene rings is 2. The zero-order valence-electron chi connectivity index (χ0n) is 18.2. The van der Waals surface area contributed by atoms with E-state index < -0.39 is 0 Å². The number of fused-ring (bicyclic) bond motifs is 1. The molecule has 1 unspecified atom stereocenters. The lowest BCUT2D eigenvalue weighted by Gasteiger charge is -2.26. The first kappa shape index (κ1) is 21.2. The van der Waals surface area contributed by atoms with Crippen molar-refractivity contribution in [1.29, 1.82) is 0 Å². The lowest BCUT2D eigenvalue weighted by Crippen LogP contribution is -2.29. The monoisotopic (exact) mass is 458 g/mol. The Labute approximate surface area is 197 Å². The number of rotatable bonds is 7. The molecule has 0 fully saturated rings. The van der Waals surface area contributed by atoms with Crippen LogP contribution in [0.15, 0.2) is 73.1 Å². The highest BCUT2D eigenvalue weighted by Gasteiger charge is 2.42. The molecule has 0 saturated heterocycles. The second-order valence-electron chi connectivity index (χ2n) is 7.98. The standard InChI is InChI=1S/C26H23ClN4O2/c1-2-15-33-21-9-5-19(6-10-21)25-22-23(18-3-7-20(27)8-4-18)29-30-24(22)26(32)31(25)16-17-11-13-28-14-12-17/h3-14,25H,2,15-16H2,1H3,(H,29,30). The number of aromatic nitrogens is 3. The first-order valence-electron chi connectivity index (χ1n) is 10.9. The molecule has 166 valence electrons. The first-order valence-corrected chi connectivity index (χ1v) is 11.3. The number of amides is 1. The minimum absolute atomic E-state index is 0.0779. The Kier molecular flexibility index (Phi) is 5.84. The molecule has 0 spiro atoms. The molecule has 2 aromatic heterocycles. The van der Waals surface area contributed by atoms with Crippen LogP contribution in [-0.2, 0) is 6.54 Å². The number of hydrogen-bond acceptors (Lipinski definition) is 4. The molecule has 0 saturated carbocycles. The summed E-state index contributed by atoms with van der Waals surface area (Å²) >= 11 is 6.09. The van der Waals surface area contributed by atoms with Gasteiger partial charge in [-0.15, -0.1) is 0 Å². The molecule has 0 aliphatic carbocycles. The third kappa shape index (κ3) is 4.10. The van der Waals surface area contributed by atoms with Crippen molar-refractivity contribution in [1.82, 2.24) is 20.1 Å². The summed E-state index contributed by atoms with van der Waals surface area (Å²) in [6.45, 7) is 3.21. The molecule has 4 aromatic rings. The summed E-state index contributed by atoms with van der Waals surface area (Å²) in [5.74, 6) is 0.738. The van der Waals surface area contributed by atoms with E-state index >= 15 is 0 Å². The molecule has 33 heavy (non-hydrogen) atoms. The summed E-state index contributed by atoms with van der Waals surface area (Å²) in [5, 5.41) is 8.16. The van der Waals surface area contributed by atoms with Crippen LogP contribution < -0.4 is 4.74 Å². The van der Waals surface area contributed by atoms with Crippen LogP contribution in [-0.4, -0.2) is 32.6 Å². The number of nitrogens with one attached hydrogen (secondary N) is 1. The topological polar surface area (TPSA) is 71.1 Å². The highest BCUT2D eigenvalue weighted by atomic mass is 35.5. The number of hydrogen-bond donors (Lipinski definition) is 1. The van der Waals surface area contributed by atoms with E-state index in [1.165, 1.54) is 0 Å². The Morgan fingerprint density at radius 1 is 1.03 bits per heavy atom. The van der Waals surface area contributed by atoms with Crippen molar-refractivity contribution >= 4 is 17.5 Å². The van der Waals surface area contributed by atoms with Crippen molar-refractivity contribution < 1.29 is 9.53 Å². The van der Waals surface area contributed by atoms with Crippen molar-refractivity contribution in [3.8, 4) is 17.0 Å². The molecular formula is C26H23ClN4O2. The predicted molar refractivity (Wildman–Crippen MR) is 127 cm³/mol. The van der Waals surface area contributed by atoms with Gasteiger partial charge in [-0.2, -0.15) is 5.10 Å². The molecule has 2 aromatic carbocycles. The molecular weight excluding hydrogens is 436 g/mol. The van der Waals surface area contributed by atoms with Gasteiger partial charge in [-0.25, -0.2) is 0 Å². The van der Waals surface area contributed by atoms with E-state index in [-0.39, 0.29) is 11.9 Å². The van der Waals surface area contributed by atoms with Crippen LogP contribution in [0.3, 0.4) is 0 Å². The fourth-order valence-electron chi connectivity index (χ4n) is 4.19. The van der Waals surface area contributed by atoms with Gasteiger partial charge in [0.15, 0.2) is 0 Å². The lowest BCUT2D eigenvalue weighted by molar-refractivity contribution is 0.0730. The Morgan fingerprint density at radius 2 is 1.76 bits per heavy atom. The molecule has 3 heterocycles. The molecule has 0 radical (unpaired) electrons. The predicted octanol–water partition coefficient (Wildman–Crippen LogP) is 5.66. The summed E-state index contributed by atoms with van der Waals surface area (Å²) < 4.78 is 5.76. The van der Waals surface area contributed by atoms with E-state index in [2.05, 4.69) is 22.1 Å². The van der Waals surface area contributed by atoms with Crippen LogP contribution in [0.25, 0.3) is 11.3 Å². The number of ether oxygens (including phenoxy) is 1. The lowest BCUT2D eigenvalue weighted by atomic mass is 9.96. The maximum absolute atomic E-state index is 13.5. The van der Waals surface area contributed by atoms with Gasteiger partial charge in [0.1, 0.15) is 11.4 Å². The van der Waals surface area contributed by atoms with Crippen LogP contribution in [0.1, 0.15) is 46.6 Å². The highest BCUT2D eigenvalue weighted by molar-refractivity contribution is 6.30. The zero-order valence-corrected chi connectivity index (χ0v) is 18.9. The quantitative estimate of drug-likeness (QED) is 0.388. The zero-order chi connectivity index (χ0) is 22.8. The maximum Gasteiger partial charge on any atom is 0.273 e. The largest absolute Gasteiger partial charge is 0.494 e. The van der Waals surface area contributed by atoms with Crippen LogP contribution in [0.2, 0.25) is 5.02 Å². The van der Waals surface area contributed by atoms with Crippen molar-refractivity contribution in [3.63, 3.8) is 0 Å². The Balaban J connectivity index is 1.58. The van der Waals surface area contributed by atoms with E-state index in [4.69, 9.17) is 16.3 Å². The number of carbonyl (C=O) groups is 1. The van der Waals surface area contributed by atoms with Crippen LogP contribution in [0.5, 0.6) is 5.75 Å². The molecule has 1 amide bonds. The molecule has 1 aliphatic heterocycles. The molecule has 1 atom stereocenters. The Bertz CT molecular complexity index is 1250. The number of nitrogens with zero attached hydrogens (tertiary/aromatic N) is 3. The van der Waals surface area contributed by atoms with E-state index in [0.717, 1.165) is 40.1 Å². The van der Waals surface area contributed by atoms with Gasteiger partial charge in [-0.3, -0.25) is 14.9 Å². The summed E-state index contributed by atoms with van der Waals surface area (Å²) in [4.78, 5) is 19.5. The van der Waals surface area contributed by atoms with Crippen LogP contribution >= 0.6 is 11.6 Å². The summed E-state index contributed by atoms with van der Waals surface area (Å²) in [5.41, 5.74) is 5.06. The normalized spacial score (nSPS) is 15.0. The highest BCUT2D eigenvalue weighted by Crippen LogP contribution is 2.43. The molecule has 1 N–H and O–H groups in total. The molecule has 6 nitrogen and oxygen atoms in total. The SMILES string of the molecule is CCCOc1ccc(C2c3c(-c4ccc(Cl)cc4)n[nH]c3C(=O)N2Cc2ccncc2)cc1. The molecule has 0 bridgehead atoms. The number of H-pyrrole nitrogens is 1. The van der Waals surface area contributed by atoms with Crippen LogP contribution in [0.4, 0.5) is 0 Å². The van der Waals surface area contributed by atoms with Gasteiger partial charge in [0.2, 0.25) is 0 Å². The van der Waals surface area contributed by atoms with Gasteiger partial charge in [-0.05, 0) is 53.9 Å². The Hall–Kier alpha value is -3.64. The Morgan fingerprint density at radius 3 is 2.45 bits per heavy atom. The van der Waals surface area contributed by atoms with Gasteiger partial charge < -0.3 is 9.64 Å². The fraction of sp³-hybridized carbons (Fsp3) is 0.192. The molecule has 1 aliphatic rings. The minimum Gasteiger partial charge on any atom is -0.494 e. The van der Waals surface area contributed by atoms with Gasteiger partial charge in [0.25, 0.3) is 5.91 Å². The van der Waals surface area contributed by atoms with E-state index in [0.29, 0.717) is 23.9 Å². The van der Waals surface area contributed by atoms with E-state index in [9.17, 15) is 4.79 Å². The maximum atomic E-state index is 13.5. The average molecular weight is 459 g/mol. The number of pyridine rings is 1. The van der Waals surface area contributed by atoms with E-state index in [1.807, 2.05) is 65.6 Å². The van der Waals surface area contributed by atoms with Gasteiger partial charge in [-0.1, -0.05) is 42.8 Å². The minimum atomic E-state index is -0.287. The number of aromatic amines is 1. The van der Waals surface area contributed by atoms with Crippen molar-refractivity contribution in [3.05, 3.63) is 100 Å². The molecule has 7 heteroatoms. The summed E-state index contributed by atoms with van der Waals surface area (Å²) in [6, 6.07) is 19.0. The van der Waals surface area contributed by atoms with Crippen molar-refractivity contribution in [2.45, 2.75) is 25.9 Å². The number of halogens is 1. The average Bonchev–Trinajstić information content (AvgIpc) is 3.39. The fourth-order valence-corrected chi connectivity index (χ4v) is 4.31. The van der Waals surface area contributed by atoms with Gasteiger partial charge in [0.05, 0.1) is 18.3 Å². The van der Waals surface area contributed by atoms with Crippen LogP contribution in [0, 0.1) is 0 Å². The molecule has 5 rings (SSSR count). The summed E-state index contributed by atoms with van der Waals surface area (Å²) in [7, 11) is 0. The van der Waals surface area contributed by atoms with Gasteiger partial charge >= 0.3 is 0 Å².